The minimum Gasteiger partial charge on any atom is -0.459 e. The van der Waals surface area contributed by atoms with E-state index < -0.39 is 42.7 Å². The summed E-state index contributed by atoms with van der Waals surface area (Å²) in [6.45, 7) is 0.794. The van der Waals surface area contributed by atoms with Gasteiger partial charge in [0.15, 0.2) is 18.0 Å². The Morgan fingerprint density at radius 1 is 1.15 bits per heavy atom. The third-order valence-corrected chi connectivity index (χ3v) is 6.96. The number of halogens is 2. The van der Waals surface area contributed by atoms with Crippen LogP contribution >= 0.6 is 15.9 Å². The molecular weight excluding hydrogens is 573 g/mol. The van der Waals surface area contributed by atoms with Crippen LogP contribution < -0.4 is 5.73 Å². The lowest BCUT2D eigenvalue weighted by atomic mass is 9.97. The number of anilines is 1. The second-order valence-electron chi connectivity index (χ2n) is 8.96. The number of ether oxygens (including phenoxy) is 3. The molecule has 3 aliphatic rings. The number of nitrogen functional groups attached to an aromatic ring is 1. The number of alkyl halides is 1. The van der Waals surface area contributed by atoms with Gasteiger partial charge in [-0.15, -0.1) is 0 Å². The molecule has 1 fully saturated rings. The van der Waals surface area contributed by atoms with Crippen LogP contribution in [0.25, 0.3) is 11.4 Å². The number of nitrogens with zero attached hydrogens (tertiary/aromatic N) is 4. The fourth-order valence-corrected chi connectivity index (χ4v) is 4.92. The maximum absolute atomic E-state index is 16.7. The molecule has 0 aliphatic carbocycles. The highest BCUT2D eigenvalue weighted by molar-refractivity contribution is 9.10. The minimum absolute atomic E-state index is 0.0231. The van der Waals surface area contributed by atoms with Crippen molar-refractivity contribution in [3.63, 3.8) is 0 Å². The van der Waals surface area contributed by atoms with Crippen LogP contribution in [-0.2, 0) is 14.2 Å². The van der Waals surface area contributed by atoms with Crippen LogP contribution in [0.2, 0.25) is 0 Å². The average Bonchev–Trinajstić information content (AvgIpc) is 3.41. The van der Waals surface area contributed by atoms with Crippen molar-refractivity contribution in [1.29, 1.82) is 5.26 Å². The van der Waals surface area contributed by atoms with Gasteiger partial charge in [-0.2, -0.15) is 5.26 Å². The highest BCUT2D eigenvalue weighted by atomic mass is 79.9. The summed E-state index contributed by atoms with van der Waals surface area (Å²) < 4.78 is 35.3. The van der Waals surface area contributed by atoms with E-state index in [9.17, 15) is 14.9 Å². The lowest BCUT2D eigenvalue weighted by molar-refractivity contribution is -0.0628. The Labute approximate surface area is 230 Å². The first kappa shape index (κ1) is 26.3. The molecule has 0 radical (unpaired) electrons. The van der Waals surface area contributed by atoms with Gasteiger partial charge in [0, 0.05) is 0 Å². The number of carbonyl (C=O) groups excluding carboxylic acids is 2. The Kier molecular flexibility index (Phi) is 7.03. The Morgan fingerprint density at radius 2 is 1.77 bits per heavy atom. The Balaban J connectivity index is 1.49. The third kappa shape index (κ3) is 4.82. The van der Waals surface area contributed by atoms with E-state index in [-0.39, 0.29) is 32.9 Å². The van der Waals surface area contributed by atoms with E-state index in [1.165, 1.54) is 30.0 Å². The number of esters is 2. The molecule has 0 aromatic heterocycles. The van der Waals surface area contributed by atoms with Crippen molar-refractivity contribution in [3.05, 3.63) is 88.3 Å². The third-order valence-electron chi connectivity index (χ3n) is 6.38. The average molecular weight is 594 g/mol. The number of rotatable bonds is 6. The van der Waals surface area contributed by atoms with E-state index in [0.717, 1.165) is 0 Å². The summed E-state index contributed by atoms with van der Waals surface area (Å²) >= 11 is 3.23. The molecule has 2 aromatic rings. The number of fused-ring (bicyclic) bond motifs is 1. The number of nitriles is 1. The van der Waals surface area contributed by atoms with Crippen LogP contribution in [0.4, 0.5) is 10.2 Å². The number of hydrogen-bond donors (Lipinski definition) is 1. The first-order chi connectivity index (χ1) is 18.7. The summed E-state index contributed by atoms with van der Waals surface area (Å²) in [6, 6.07) is 18.4. The lowest BCUT2D eigenvalue weighted by Gasteiger charge is -2.29. The van der Waals surface area contributed by atoms with Crippen LogP contribution in [0.5, 0.6) is 0 Å². The maximum atomic E-state index is 16.7. The van der Waals surface area contributed by atoms with Gasteiger partial charge in [0.05, 0.1) is 22.3 Å². The highest BCUT2D eigenvalue weighted by Crippen LogP contribution is 2.46. The molecule has 2 N–H and O–H groups in total. The molecule has 4 atom stereocenters. The largest absolute Gasteiger partial charge is 0.459 e. The van der Waals surface area contributed by atoms with Gasteiger partial charge in [-0.05, 0) is 47.1 Å². The number of benzene rings is 2. The molecule has 2 aromatic carbocycles. The van der Waals surface area contributed by atoms with Crippen molar-refractivity contribution in [2.45, 2.75) is 31.0 Å². The van der Waals surface area contributed by atoms with Crippen molar-refractivity contribution in [2.24, 2.45) is 0 Å². The molecule has 5 rings (SSSR count). The van der Waals surface area contributed by atoms with Crippen LogP contribution in [-0.4, -0.2) is 51.0 Å². The summed E-state index contributed by atoms with van der Waals surface area (Å²) in [5.74, 6) is -1.27. The smallest absolute Gasteiger partial charge is 0.338 e. The minimum atomic E-state index is -2.36. The molecule has 10 nitrogen and oxygen atoms in total. The van der Waals surface area contributed by atoms with Crippen LogP contribution in [0, 0.1) is 11.3 Å². The fourth-order valence-electron chi connectivity index (χ4n) is 4.47. The Morgan fingerprint density at radius 3 is 2.38 bits per heavy atom. The number of carbonyl (C=O) groups is 2. The summed E-state index contributed by atoms with van der Waals surface area (Å²) in [6.07, 6.45) is -2.89. The van der Waals surface area contributed by atoms with Gasteiger partial charge in [-0.25, -0.2) is 23.9 Å². The van der Waals surface area contributed by atoms with E-state index in [1.54, 1.807) is 48.5 Å². The molecule has 39 heavy (non-hydrogen) atoms. The van der Waals surface area contributed by atoms with Crippen LogP contribution in [0.15, 0.2) is 71.6 Å². The molecule has 0 bridgehead atoms. The molecular formula is C27H21BrFN5O5. The number of aromatic nitrogens is 3. The molecule has 0 amide bonds. The number of nitrogens with two attached hydrogens (primary N) is 1. The zero-order valence-corrected chi connectivity index (χ0v) is 22.0. The summed E-state index contributed by atoms with van der Waals surface area (Å²) in [4.78, 5) is 34.0. The van der Waals surface area contributed by atoms with Gasteiger partial charge in [0.1, 0.15) is 41.4 Å². The maximum Gasteiger partial charge on any atom is 0.338 e. The van der Waals surface area contributed by atoms with Crippen molar-refractivity contribution in [2.75, 3.05) is 12.3 Å². The Bertz CT molecular complexity index is 1540. The summed E-state index contributed by atoms with van der Waals surface area (Å²) in [7, 11) is 0. The molecule has 0 spiro atoms. The molecule has 12 heteroatoms. The monoisotopic (exact) mass is 593 g/mol. The predicted octanol–water partition coefficient (Wildman–Crippen LogP) is 4.31. The quantitative estimate of drug-likeness (QED) is 0.323. The van der Waals surface area contributed by atoms with Crippen molar-refractivity contribution < 1.29 is 28.2 Å². The molecule has 1 saturated heterocycles. The van der Waals surface area contributed by atoms with Gasteiger partial charge in [-0.1, -0.05) is 36.4 Å². The van der Waals surface area contributed by atoms with Gasteiger partial charge in [-0.3, -0.25) is 4.57 Å². The van der Waals surface area contributed by atoms with Crippen molar-refractivity contribution in [1.82, 2.24) is 14.5 Å². The zero-order chi connectivity index (χ0) is 27.7. The fraction of sp³-hybridized carbons (Fsp3) is 0.222. The topological polar surface area (TPSA) is 142 Å². The molecule has 3 aliphatic heterocycles. The summed E-state index contributed by atoms with van der Waals surface area (Å²) in [5.41, 5.74) is 4.49. The Hall–Kier alpha value is -4.34. The van der Waals surface area contributed by atoms with Gasteiger partial charge in [0.2, 0.25) is 0 Å². The van der Waals surface area contributed by atoms with Gasteiger partial charge in [0.25, 0.3) is 0 Å². The van der Waals surface area contributed by atoms with Crippen LogP contribution in [0.3, 0.4) is 0 Å². The predicted molar refractivity (Wildman–Crippen MR) is 139 cm³/mol. The normalized spacial score (nSPS) is 22.4. The first-order valence-corrected chi connectivity index (χ1v) is 12.6. The summed E-state index contributed by atoms with van der Waals surface area (Å²) in [5, 5.41) is 9.57. The molecule has 0 saturated carbocycles. The lowest BCUT2D eigenvalue weighted by Crippen LogP contribution is -2.44. The molecule has 1 unspecified atom stereocenters. The van der Waals surface area contributed by atoms with Crippen molar-refractivity contribution in [3.8, 4) is 17.5 Å². The second kappa shape index (κ2) is 10.4. The first-order valence-electron chi connectivity index (χ1n) is 11.8. The van der Waals surface area contributed by atoms with Crippen molar-refractivity contribution >= 4 is 33.7 Å². The number of hydrogen-bond acceptors (Lipinski definition) is 9. The molecule has 198 valence electrons. The zero-order valence-electron chi connectivity index (χ0n) is 20.5. The van der Waals surface area contributed by atoms with E-state index in [4.69, 9.17) is 19.9 Å². The second-order valence-corrected chi connectivity index (χ2v) is 9.71. The van der Waals surface area contributed by atoms with Crippen LogP contribution in [0.1, 0.15) is 39.4 Å². The van der Waals surface area contributed by atoms with E-state index >= 15 is 4.39 Å². The van der Waals surface area contributed by atoms with E-state index in [1.807, 2.05) is 6.07 Å². The molecule has 3 heterocycles. The standard InChI is InChI=1S/C27H21BrFN5O5/c1-27(29)20(39-25(36)16-10-6-3-7-11-16)18(13-37-24(35)15-8-4-2-5-9-15)38-26(27)34-14-32-22(31)19-17(12-30)21(28)33-23(19)34/h2-11,14,18,20,26H,13,31H2,1H3/t18?,20-,26+,27-/m1/s1. The SMILES string of the molecule is C[C@@]1(F)[C@H](OC(=O)c2ccccc2)C(COC(=O)c2ccccc2)O[C@@H]1n1cnc(N)c2c(C#N)c(Br)nc1-2. The van der Waals surface area contributed by atoms with Gasteiger partial charge < -0.3 is 19.9 Å². The van der Waals surface area contributed by atoms with E-state index in [2.05, 4.69) is 25.9 Å². The highest BCUT2D eigenvalue weighted by Gasteiger charge is 2.59. The van der Waals surface area contributed by atoms with Gasteiger partial charge >= 0.3 is 11.9 Å². The van der Waals surface area contributed by atoms with E-state index in [0.29, 0.717) is 5.56 Å².